The van der Waals surface area contributed by atoms with E-state index in [0.29, 0.717) is 46.7 Å². The molecule has 0 spiro atoms. The number of carbonyl (C=O) groups excluding carboxylic acids is 1. The van der Waals surface area contributed by atoms with Crippen molar-refractivity contribution in [2.24, 2.45) is 46.3 Å². The van der Waals surface area contributed by atoms with Crippen LogP contribution in [-0.4, -0.2) is 16.9 Å². The summed E-state index contributed by atoms with van der Waals surface area (Å²) >= 11 is 0. The zero-order valence-corrected chi connectivity index (χ0v) is 17.5. The van der Waals surface area contributed by atoms with Gasteiger partial charge in [0.1, 0.15) is 5.78 Å². The van der Waals surface area contributed by atoms with Crippen molar-refractivity contribution in [3.63, 3.8) is 0 Å². The van der Waals surface area contributed by atoms with E-state index in [4.69, 9.17) is 5.11 Å². The largest absolute Gasteiger partial charge is 0.481 e. The second kappa shape index (κ2) is 6.88. The minimum Gasteiger partial charge on any atom is -0.481 e. The smallest absolute Gasteiger partial charge is 0.303 e. The summed E-state index contributed by atoms with van der Waals surface area (Å²) in [6, 6.07) is 0. The van der Waals surface area contributed by atoms with Crippen molar-refractivity contribution in [2.45, 2.75) is 91.4 Å². The average molecular weight is 375 g/mol. The van der Waals surface area contributed by atoms with Crippen LogP contribution >= 0.6 is 0 Å². The lowest BCUT2D eigenvalue weighted by atomic mass is 9.44. The number of carboxylic acids is 1. The minimum absolute atomic E-state index is 0.243. The van der Waals surface area contributed by atoms with E-state index in [-0.39, 0.29) is 11.8 Å². The predicted molar refractivity (Wildman–Crippen MR) is 106 cm³/mol. The molecule has 0 heterocycles. The number of rotatable bonds is 4. The van der Waals surface area contributed by atoms with Gasteiger partial charge in [0.15, 0.2) is 0 Å². The maximum absolute atomic E-state index is 13.3. The molecule has 27 heavy (non-hydrogen) atoms. The predicted octanol–water partition coefficient (Wildman–Crippen LogP) is 5.72. The topological polar surface area (TPSA) is 54.4 Å². The molecule has 0 amide bonds. The summed E-state index contributed by atoms with van der Waals surface area (Å²) in [5.41, 5.74) is 0.637. The Hall–Kier alpha value is -0.860. The van der Waals surface area contributed by atoms with Crippen LogP contribution < -0.4 is 0 Å². The van der Waals surface area contributed by atoms with Gasteiger partial charge in [-0.05, 0) is 85.4 Å². The second-order valence-electron chi connectivity index (χ2n) is 11.0. The van der Waals surface area contributed by atoms with Crippen LogP contribution in [-0.2, 0) is 9.59 Å². The molecule has 0 aromatic heterocycles. The molecule has 0 saturated heterocycles. The average Bonchev–Trinajstić information content (AvgIpc) is 2.97. The first-order valence-corrected chi connectivity index (χ1v) is 11.5. The van der Waals surface area contributed by atoms with E-state index in [1.165, 1.54) is 51.4 Å². The molecule has 0 radical (unpaired) electrons. The van der Waals surface area contributed by atoms with Crippen LogP contribution in [0.5, 0.6) is 0 Å². The van der Waals surface area contributed by atoms with Crippen molar-refractivity contribution in [2.75, 3.05) is 0 Å². The molecule has 1 N–H and O–H groups in total. The summed E-state index contributed by atoms with van der Waals surface area (Å²) in [7, 11) is 0. The maximum atomic E-state index is 13.3. The lowest BCUT2D eigenvalue weighted by molar-refractivity contribution is -0.156. The highest BCUT2D eigenvalue weighted by Gasteiger charge is 2.62. The van der Waals surface area contributed by atoms with Crippen LogP contribution in [0.2, 0.25) is 0 Å². The third kappa shape index (κ3) is 2.99. The van der Waals surface area contributed by atoms with E-state index in [1.54, 1.807) is 0 Å². The van der Waals surface area contributed by atoms with Gasteiger partial charge < -0.3 is 5.11 Å². The molecule has 4 fully saturated rings. The van der Waals surface area contributed by atoms with Crippen molar-refractivity contribution in [3.05, 3.63) is 0 Å². The zero-order chi connectivity index (χ0) is 19.4. The Labute approximate surface area is 164 Å². The van der Waals surface area contributed by atoms with Crippen LogP contribution in [0.1, 0.15) is 91.4 Å². The Balaban J connectivity index is 1.57. The number of hydrogen-bond acceptors (Lipinski definition) is 2. The van der Waals surface area contributed by atoms with E-state index >= 15 is 0 Å². The van der Waals surface area contributed by atoms with E-state index in [1.807, 2.05) is 0 Å². The van der Waals surface area contributed by atoms with Gasteiger partial charge in [0.2, 0.25) is 0 Å². The molecule has 4 rings (SSSR count). The normalized spacial score (nSPS) is 47.7. The number of ketones is 1. The Morgan fingerprint density at radius 2 is 1.81 bits per heavy atom. The third-order valence-electron chi connectivity index (χ3n) is 9.96. The van der Waals surface area contributed by atoms with Crippen LogP contribution in [0, 0.1) is 46.3 Å². The zero-order valence-electron chi connectivity index (χ0n) is 17.5. The quantitative estimate of drug-likeness (QED) is 0.685. The Morgan fingerprint density at radius 3 is 2.56 bits per heavy atom. The first-order valence-electron chi connectivity index (χ1n) is 11.5. The molecular weight excluding hydrogens is 336 g/mol. The van der Waals surface area contributed by atoms with Crippen molar-refractivity contribution < 1.29 is 14.7 Å². The van der Waals surface area contributed by atoms with Crippen LogP contribution in [0.4, 0.5) is 0 Å². The number of aliphatic carboxylic acids is 1. The molecule has 4 aliphatic rings. The van der Waals surface area contributed by atoms with Gasteiger partial charge >= 0.3 is 5.97 Å². The third-order valence-corrected chi connectivity index (χ3v) is 9.96. The summed E-state index contributed by atoms with van der Waals surface area (Å²) in [5.74, 6) is 3.02. The molecule has 4 saturated carbocycles. The van der Waals surface area contributed by atoms with E-state index in [9.17, 15) is 9.59 Å². The molecule has 8 unspecified atom stereocenters. The van der Waals surface area contributed by atoms with Gasteiger partial charge in [-0.15, -0.1) is 0 Å². The van der Waals surface area contributed by atoms with E-state index in [0.717, 1.165) is 12.8 Å². The van der Waals surface area contributed by atoms with Crippen LogP contribution in [0.3, 0.4) is 0 Å². The van der Waals surface area contributed by atoms with E-state index < -0.39 is 5.97 Å². The van der Waals surface area contributed by atoms with Crippen molar-refractivity contribution in [3.8, 4) is 0 Å². The highest BCUT2D eigenvalue weighted by atomic mass is 16.4. The first-order chi connectivity index (χ1) is 12.8. The fourth-order valence-corrected chi connectivity index (χ4v) is 8.49. The Kier molecular flexibility index (Phi) is 4.96. The molecule has 0 bridgehead atoms. The lowest BCUT2D eigenvalue weighted by Crippen LogP contribution is -2.56. The highest BCUT2D eigenvalue weighted by Crippen LogP contribution is 2.67. The molecule has 0 aromatic carbocycles. The number of Topliss-reactive ketones (excluding diaryl/α,β-unsaturated/α-hetero) is 1. The molecule has 152 valence electrons. The Morgan fingerprint density at radius 1 is 1.07 bits per heavy atom. The fourth-order valence-electron chi connectivity index (χ4n) is 8.49. The number of hydrogen-bond donors (Lipinski definition) is 1. The number of fused-ring (bicyclic) bond motifs is 5. The summed E-state index contributed by atoms with van der Waals surface area (Å²) in [6.45, 7) is 7.23. The SMILES string of the molecule is CC(CCC(=O)O)C1CCC2C3C(=O)CC4CCCCC4(C)C3CCC12C. The summed E-state index contributed by atoms with van der Waals surface area (Å²) < 4.78 is 0. The summed E-state index contributed by atoms with van der Waals surface area (Å²) in [6.07, 6.45) is 12.0. The van der Waals surface area contributed by atoms with Crippen molar-refractivity contribution in [1.29, 1.82) is 0 Å². The van der Waals surface area contributed by atoms with Crippen LogP contribution in [0.15, 0.2) is 0 Å². The van der Waals surface area contributed by atoms with Gasteiger partial charge in [0.05, 0.1) is 0 Å². The fraction of sp³-hybridized carbons (Fsp3) is 0.917. The lowest BCUT2D eigenvalue weighted by Gasteiger charge is -2.60. The van der Waals surface area contributed by atoms with Crippen molar-refractivity contribution >= 4 is 11.8 Å². The highest BCUT2D eigenvalue weighted by molar-refractivity contribution is 5.83. The van der Waals surface area contributed by atoms with Gasteiger partial charge in [-0.3, -0.25) is 9.59 Å². The monoisotopic (exact) mass is 374 g/mol. The summed E-state index contributed by atoms with van der Waals surface area (Å²) in [4.78, 5) is 24.4. The molecule has 8 atom stereocenters. The van der Waals surface area contributed by atoms with E-state index in [2.05, 4.69) is 20.8 Å². The van der Waals surface area contributed by atoms with Gasteiger partial charge in [-0.25, -0.2) is 0 Å². The summed E-state index contributed by atoms with van der Waals surface area (Å²) in [5, 5.41) is 9.08. The maximum Gasteiger partial charge on any atom is 0.303 e. The number of carbonyl (C=O) groups is 2. The molecule has 3 nitrogen and oxygen atoms in total. The minimum atomic E-state index is -0.677. The standard InChI is InChI=1S/C24H38O3/c1-15(7-10-21(26)27)17-8-9-18-22-19(11-13-24(17,18)3)23(2)12-5-4-6-16(23)14-20(22)25/h15-19,22H,4-14H2,1-3H3,(H,26,27). The number of carboxylic acid groups (broad SMARTS) is 1. The van der Waals surface area contributed by atoms with Crippen LogP contribution in [0.25, 0.3) is 0 Å². The molecular formula is C24H38O3. The van der Waals surface area contributed by atoms with Crippen molar-refractivity contribution in [1.82, 2.24) is 0 Å². The first kappa shape index (κ1) is 19.5. The molecule has 0 aromatic rings. The van der Waals surface area contributed by atoms with Gasteiger partial charge in [-0.1, -0.05) is 33.6 Å². The second-order valence-corrected chi connectivity index (χ2v) is 11.0. The molecule has 0 aliphatic heterocycles. The molecule has 4 aliphatic carbocycles. The Bertz CT molecular complexity index is 613. The van der Waals surface area contributed by atoms with Gasteiger partial charge in [0.25, 0.3) is 0 Å². The van der Waals surface area contributed by atoms with Gasteiger partial charge in [-0.2, -0.15) is 0 Å². The molecule has 3 heteroatoms. The van der Waals surface area contributed by atoms with Gasteiger partial charge in [0, 0.05) is 18.8 Å².